The van der Waals surface area contributed by atoms with E-state index in [0.717, 1.165) is 36.3 Å². The van der Waals surface area contributed by atoms with Crippen molar-refractivity contribution in [3.63, 3.8) is 0 Å². The van der Waals surface area contributed by atoms with Gasteiger partial charge in [0.05, 0.1) is 13.7 Å². The van der Waals surface area contributed by atoms with E-state index in [1.54, 1.807) is 13.1 Å². The first-order valence-electron chi connectivity index (χ1n) is 6.81. The first kappa shape index (κ1) is 16.2. The largest absolute Gasteiger partial charge is 0.494 e. The summed E-state index contributed by atoms with van der Waals surface area (Å²) in [5, 5.41) is 1.19. The van der Waals surface area contributed by atoms with Crippen LogP contribution in [0.2, 0.25) is 0 Å². The predicted molar refractivity (Wildman–Crippen MR) is 80.3 cm³/mol. The van der Waals surface area contributed by atoms with Gasteiger partial charge in [0.15, 0.2) is 0 Å². The van der Waals surface area contributed by atoms with Crippen LogP contribution in [0.4, 0.5) is 0 Å². The highest BCUT2D eigenvalue weighted by Crippen LogP contribution is 2.18. The third-order valence-corrected chi connectivity index (χ3v) is 3.00. The Balaban J connectivity index is 2.67. The monoisotopic (exact) mass is 277 g/mol. The van der Waals surface area contributed by atoms with Crippen LogP contribution in [0, 0.1) is 0 Å². The minimum Gasteiger partial charge on any atom is -0.494 e. The fourth-order valence-corrected chi connectivity index (χ4v) is 1.60. The van der Waals surface area contributed by atoms with Crippen molar-refractivity contribution in [3.05, 3.63) is 35.9 Å². The summed E-state index contributed by atoms with van der Waals surface area (Å²) in [6.45, 7) is 4.77. The summed E-state index contributed by atoms with van der Waals surface area (Å²) in [6.07, 6.45) is 3.73. The molecule has 0 saturated carbocycles. The van der Waals surface area contributed by atoms with Crippen molar-refractivity contribution in [2.75, 3.05) is 20.8 Å². The standard InChI is InChI=1S/C16H23NO3/c1-5-6-11-20-15-9-7-14(8-10-15)13(2)12-16(18)17(3)19-4/h7-10,12H,5-6,11H2,1-4H3/b13-12+. The maximum atomic E-state index is 11.7. The van der Waals surface area contributed by atoms with Crippen LogP contribution < -0.4 is 4.74 Å². The van der Waals surface area contributed by atoms with Crippen LogP contribution in [-0.2, 0) is 9.63 Å². The summed E-state index contributed by atoms with van der Waals surface area (Å²) in [5.74, 6) is 0.670. The number of nitrogens with zero attached hydrogens (tertiary/aromatic N) is 1. The Morgan fingerprint density at radius 3 is 2.50 bits per heavy atom. The Labute approximate surface area is 120 Å². The molecule has 110 valence electrons. The van der Waals surface area contributed by atoms with Gasteiger partial charge in [0.2, 0.25) is 0 Å². The Morgan fingerprint density at radius 2 is 1.95 bits per heavy atom. The fourth-order valence-electron chi connectivity index (χ4n) is 1.60. The van der Waals surface area contributed by atoms with Crippen molar-refractivity contribution in [1.29, 1.82) is 0 Å². The number of hydrogen-bond donors (Lipinski definition) is 0. The molecule has 0 unspecified atom stereocenters. The minimum atomic E-state index is -0.187. The Morgan fingerprint density at radius 1 is 1.30 bits per heavy atom. The lowest BCUT2D eigenvalue weighted by molar-refractivity contribution is -0.162. The number of likely N-dealkylation sites (N-methyl/N-ethyl adjacent to an activating group) is 1. The molecule has 0 radical (unpaired) electrons. The maximum absolute atomic E-state index is 11.7. The van der Waals surface area contributed by atoms with Gasteiger partial charge in [-0.05, 0) is 36.6 Å². The molecule has 1 aromatic rings. The van der Waals surface area contributed by atoms with Crippen LogP contribution in [0.3, 0.4) is 0 Å². The van der Waals surface area contributed by atoms with Crippen molar-refractivity contribution in [2.45, 2.75) is 26.7 Å². The van der Waals surface area contributed by atoms with Crippen molar-refractivity contribution in [2.24, 2.45) is 0 Å². The number of amides is 1. The van der Waals surface area contributed by atoms with Crippen LogP contribution in [0.5, 0.6) is 5.75 Å². The molecular formula is C16H23NO3. The quantitative estimate of drug-likeness (QED) is 0.436. The van der Waals surface area contributed by atoms with E-state index >= 15 is 0 Å². The molecule has 0 atom stereocenters. The molecule has 0 fully saturated rings. The molecule has 0 aliphatic heterocycles. The summed E-state index contributed by atoms with van der Waals surface area (Å²) < 4.78 is 5.60. The number of hydrogen-bond acceptors (Lipinski definition) is 3. The summed E-state index contributed by atoms with van der Waals surface area (Å²) in [7, 11) is 3.04. The van der Waals surface area contributed by atoms with Gasteiger partial charge >= 0.3 is 0 Å². The molecular weight excluding hydrogens is 254 g/mol. The molecule has 1 rings (SSSR count). The van der Waals surface area contributed by atoms with E-state index in [0.29, 0.717) is 0 Å². The SMILES string of the molecule is CCCCOc1ccc(/C(C)=C/C(=O)N(C)OC)cc1. The molecule has 0 bridgehead atoms. The molecule has 0 N–H and O–H groups in total. The van der Waals surface area contributed by atoms with Gasteiger partial charge in [-0.15, -0.1) is 0 Å². The molecule has 0 aromatic heterocycles. The Kier molecular flexibility index (Phi) is 6.81. The number of carbonyl (C=O) groups is 1. The van der Waals surface area contributed by atoms with Crippen LogP contribution in [0.15, 0.2) is 30.3 Å². The highest BCUT2D eigenvalue weighted by Gasteiger charge is 2.05. The molecule has 0 aliphatic carbocycles. The third kappa shape index (κ3) is 5.05. The van der Waals surface area contributed by atoms with E-state index in [1.165, 1.54) is 12.2 Å². The van der Waals surface area contributed by atoms with Crippen molar-refractivity contribution < 1.29 is 14.4 Å². The number of hydroxylamine groups is 2. The normalized spacial score (nSPS) is 11.3. The Bertz CT molecular complexity index is 451. The van der Waals surface area contributed by atoms with Gasteiger partial charge in [0.25, 0.3) is 5.91 Å². The number of unbranched alkanes of at least 4 members (excludes halogenated alkanes) is 1. The second-order valence-electron chi connectivity index (χ2n) is 4.57. The smallest absolute Gasteiger partial charge is 0.270 e. The zero-order valence-electron chi connectivity index (χ0n) is 12.7. The van der Waals surface area contributed by atoms with Crippen LogP contribution in [0.25, 0.3) is 5.57 Å². The number of rotatable bonds is 7. The molecule has 0 spiro atoms. The van der Waals surface area contributed by atoms with E-state index in [9.17, 15) is 4.79 Å². The summed E-state index contributed by atoms with van der Waals surface area (Å²) in [5.41, 5.74) is 1.88. The van der Waals surface area contributed by atoms with Gasteiger partial charge in [-0.25, -0.2) is 5.06 Å². The van der Waals surface area contributed by atoms with Crippen LogP contribution in [-0.4, -0.2) is 31.7 Å². The average Bonchev–Trinajstić information content (AvgIpc) is 2.47. The molecule has 1 amide bonds. The number of allylic oxidation sites excluding steroid dienone is 1. The van der Waals surface area contributed by atoms with Crippen molar-refractivity contribution >= 4 is 11.5 Å². The summed E-state index contributed by atoms with van der Waals surface area (Å²) in [4.78, 5) is 16.5. The van der Waals surface area contributed by atoms with E-state index in [2.05, 4.69) is 6.92 Å². The minimum absolute atomic E-state index is 0.187. The van der Waals surface area contributed by atoms with Crippen molar-refractivity contribution in [3.8, 4) is 5.75 Å². The zero-order valence-corrected chi connectivity index (χ0v) is 12.7. The number of ether oxygens (including phenoxy) is 1. The molecule has 4 heteroatoms. The van der Waals surface area contributed by atoms with Gasteiger partial charge in [0, 0.05) is 13.1 Å². The molecule has 0 saturated heterocycles. The van der Waals surface area contributed by atoms with Gasteiger partial charge in [-0.2, -0.15) is 0 Å². The number of benzene rings is 1. The van der Waals surface area contributed by atoms with Crippen LogP contribution in [0.1, 0.15) is 32.3 Å². The van der Waals surface area contributed by atoms with E-state index in [4.69, 9.17) is 9.57 Å². The molecule has 1 aromatic carbocycles. The lowest BCUT2D eigenvalue weighted by Crippen LogP contribution is -2.23. The first-order chi connectivity index (χ1) is 9.58. The lowest BCUT2D eigenvalue weighted by Gasteiger charge is -2.11. The zero-order chi connectivity index (χ0) is 15.0. The summed E-state index contributed by atoms with van der Waals surface area (Å²) in [6, 6.07) is 7.75. The number of carbonyl (C=O) groups excluding carboxylic acids is 1. The van der Waals surface area contributed by atoms with E-state index in [-0.39, 0.29) is 5.91 Å². The molecule has 20 heavy (non-hydrogen) atoms. The van der Waals surface area contributed by atoms with Gasteiger partial charge in [-0.1, -0.05) is 25.5 Å². The summed E-state index contributed by atoms with van der Waals surface area (Å²) >= 11 is 0. The van der Waals surface area contributed by atoms with Gasteiger partial charge in [0.1, 0.15) is 5.75 Å². The van der Waals surface area contributed by atoms with Gasteiger partial charge in [-0.3, -0.25) is 9.63 Å². The van der Waals surface area contributed by atoms with Crippen LogP contribution >= 0.6 is 0 Å². The average molecular weight is 277 g/mol. The fraction of sp³-hybridized carbons (Fsp3) is 0.438. The molecule has 4 nitrogen and oxygen atoms in total. The molecule has 0 heterocycles. The molecule has 0 aliphatic rings. The van der Waals surface area contributed by atoms with Crippen molar-refractivity contribution in [1.82, 2.24) is 5.06 Å². The van der Waals surface area contributed by atoms with E-state index in [1.807, 2.05) is 31.2 Å². The van der Waals surface area contributed by atoms with E-state index < -0.39 is 0 Å². The van der Waals surface area contributed by atoms with Gasteiger partial charge < -0.3 is 4.74 Å². The highest BCUT2D eigenvalue weighted by atomic mass is 16.7. The first-order valence-corrected chi connectivity index (χ1v) is 6.81. The topological polar surface area (TPSA) is 38.8 Å². The predicted octanol–water partition coefficient (Wildman–Crippen LogP) is 3.29. The Hall–Kier alpha value is -1.81. The second-order valence-corrected chi connectivity index (χ2v) is 4.57. The third-order valence-electron chi connectivity index (χ3n) is 3.00. The second kappa shape index (κ2) is 8.38. The maximum Gasteiger partial charge on any atom is 0.270 e. The lowest BCUT2D eigenvalue weighted by atomic mass is 10.1. The highest BCUT2D eigenvalue weighted by molar-refractivity contribution is 5.94.